The third kappa shape index (κ3) is 3.33. The SMILES string of the molecule is O=C(C1=C(O)C(=O)N(CCCn2ccnc2)[C@@H]1c1cccs1)c1cccs1. The Hall–Kier alpha value is -2.71. The molecule has 1 aliphatic heterocycles. The summed E-state index contributed by atoms with van der Waals surface area (Å²) in [7, 11) is 0. The molecule has 0 saturated heterocycles. The molecule has 4 heterocycles. The van der Waals surface area contributed by atoms with E-state index >= 15 is 0 Å². The molecule has 27 heavy (non-hydrogen) atoms. The van der Waals surface area contributed by atoms with Crippen LogP contribution < -0.4 is 0 Å². The number of aliphatic hydroxyl groups excluding tert-OH is 1. The molecular weight excluding hydrogens is 382 g/mol. The predicted octanol–water partition coefficient (Wildman–Crippen LogP) is 3.67. The highest BCUT2D eigenvalue weighted by molar-refractivity contribution is 7.12. The monoisotopic (exact) mass is 399 g/mol. The van der Waals surface area contributed by atoms with Crippen molar-refractivity contribution in [3.05, 3.63) is 74.8 Å². The minimum Gasteiger partial charge on any atom is -0.503 e. The zero-order valence-corrected chi connectivity index (χ0v) is 15.9. The van der Waals surface area contributed by atoms with Gasteiger partial charge in [-0.2, -0.15) is 0 Å². The van der Waals surface area contributed by atoms with E-state index in [9.17, 15) is 14.7 Å². The zero-order chi connectivity index (χ0) is 18.8. The minimum atomic E-state index is -0.546. The highest BCUT2D eigenvalue weighted by Crippen LogP contribution is 2.41. The number of hydrogen-bond acceptors (Lipinski definition) is 6. The molecule has 1 amide bonds. The van der Waals surface area contributed by atoms with E-state index in [1.54, 1.807) is 29.6 Å². The van der Waals surface area contributed by atoms with Crippen molar-refractivity contribution in [2.75, 3.05) is 6.54 Å². The number of amides is 1. The quantitative estimate of drug-likeness (QED) is 0.615. The molecule has 4 rings (SSSR count). The number of aliphatic hydroxyl groups is 1. The van der Waals surface area contributed by atoms with Crippen molar-refractivity contribution >= 4 is 34.4 Å². The molecule has 138 valence electrons. The van der Waals surface area contributed by atoms with Crippen LogP contribution in [-0.2, 0) is 11.3 Å². The predicted molar refractivity (Wildman–Crippen MR) is 104 cm³/mol. The maximum absolute atomic E-state index is 13.0. The molecule has 0 radical (unpaired) electrons. The first-order valence-corrected chi connectivity index (χ1v) is 10.2. The highest BCUT2D eigenvalue weighted by Gasteiger charge is 2.44. The number of carbonyl (C=O) groups excluding carboxylic acids is 2. The summed E-state index contributed by atoms with van der Waals surface area (Å²) >= 11 is 2.78. The Kier molecular flexibility index (Phi) is 4.91. The van der Waals surface area contributed by atoms with Crippen molar-refractivity contribution in [1.29, 1.82) is 0 Å². The van der Waals surface area contributed by atoms with Crippen molar-refractivity contribution in [2.45, 2.75) is 19.0 Å². The molecule has 0 saturated carbocycles. The van der Waals surface area contributed by atoms with E-state index in [-0.39, 0.29) is 11.4 Å². The average Bonchev–Trinajstić information content (AvgIpc) is 3.45. The highest BCUT2D eigenvalue weighted by atomic mass is 32.1. The zero-order valence-electron chi connectivity index (χ0n) is 14.3. The van der Waals surface area contributed by atoms with Crippen molar-refractivity contribution < 1.29 is 14.7 Å². The molecule has 3 aromatic heterocycles. The Labute approximate surface area is 164 Å². The van der Waals surface area contributed by atoms with E-state index < -0.39 is 17.7 Å². The molecule has 0 fully saturated rings. The maximum atomic E-state index is 13.0. The standard InChI is InChI=1S/C19H17N3O3S2/c23-17(14-5-2-11-27-14)15-16(13-4-1-10-26-13)22(19(25)18(15)24)8-3-7-21-9-6-20-12-21/h1-2,4-6,9-12,16,24H,3,7-8H2/t16-/m1/s1. The van der Waals surface area contributed by atoms with E-state index in [0.717, 1.165) is 4.88 Å². The first-order chi connectivity index (χ1) is 13.2. The number of imidazole rings is 1. The van der Waals surface area contributed by atoms with Gasteiger partial charge in [-0.25, -0.2) is 4.98 Å². The van der Waals surface area contributed by atoms with Gasteiger partial charge in [0, 0.05) is 30.4 Å². The lowest BCUT2D eigenvalue weighted by Crippen LogP contribution is -2.32. The number of nitrogens with zero attached hydrogens (tertiary/aromatic N) is 3. The molecule has 8 heteroatoms. The maximum Gasteiger partial charge on any atom is 0.290 e. The van der Waals surface area contributed by atoms with Crippen molar-refractivity contribution in [2.24, 2.45) is 0 Å². The number of ketones is 1. The second-order valence-electron chi connectivity index (χ2n) is 6.14. The fourth-order valence-corrected chi connectivity index (χ4v) is 4.77. The molecule has 1 N–H and O–H groups in total. The number of carbonyl (C=O) groups is 2. The second kappa shape index (κ2) is 7.50. The molecule has 0 unspecified atom stereocenters. The van der Waals surface area contributed by atoms with Crippen LogP contribution >= 0.6 is 22.7 Å². The van der Waals surface area contributed by atoms with Crippen LogP contribution in [0.5, 0.6) is 0 Å². The number of aromatic nitrogens is 2. The molecule has 0 bridgehead atoms. The van der Waals surface area contributed by atoms with Gasteiger partial charge in [0.05, 0.1) is 22.8 Å². The van der Waals surface area contributed by atoms with Gasteiger partial charge in [0.15, 0.2) is 5.76 Å². The molecule has 3 aromatic rings. The average molecular weight is 399 g/mol. The van der Waals surface area contributed by atoms with Crippen LogP contribution in [0.25, 0.3) is 0 Å². The number of rotatable bonds is 7. The lowest BCUT2D eigenvalue weighted by atomic mass is 10.0. The third-order valence-corrected chi connectivity index (χ3v) is 6.27. The van der Waals surface area contributed by atoms with Gasteiger partial charge in [-0.3, -0.25) is 9.59 Å². The van der Waals surface area contributed by atoms with Crippen LogP contribution in [0.3, 0.4) is 0 Å². The topological polar surface area (TPSA) is 75.4 Å². The summed E-state index contributed by atoms with van der Waals surface area (Å²) in [6.45, 7) is 1.14. The van der Waals surface area contributed by atoms with Crippen LogP contribution in [0.1, 0.15) is 27.0 Å². The van der Waals surface area contributed by atoms with Gasteiger partial charge in [0.2, 0.25) is 5.78 Å². The molecule has 1 atom stereocenters. The Morgan fingerprint density at radius 1 is 1.19 bits per heavy atom. The van der Waals surface area contributed by atoms with Gasteiger partial charge in [-0.15, -0.1) is 22.7 Å². The van der Waals surface area contributed by atoms with Crippen LogP contribution in [0, 0.1) is 0 Å². The largest absolute Gasteiger partial charge is 0.503 e. The number of Topliss-reactive ketones (excluding diaryl/α,β-unsaturated/α-hetero) is 1. The number of thiophene rings is 2. The fourth-order valence-electron chi connectivity index (χ4n) is 3.24. The van der Waals surface area contributed by atoms with E-state index in [2.05, 4.69) is 4.98 Å². The molecule has 0 spiro atoms. The summed E-state index contributed by atoms with van der Waals surface area (Å²) in [5.41, 5.74) is 0.174. The van der Waals surface area contributed by atoms with Gasteiger partial charge in [-0.1, -0.05) is 12.1 Å². The first-order valence-electron chi connectivity index (χ1n) is 8.48. The summed E-state index contributed by atoms with van der Waals surface area (Å²) < 4.78 is 1.94. The van der Waals surface area contributed by atoms with Crippen molar-refractivity contribution in [3.8, 4) is 0 Å². The molecule has 1 aliphatic rings. The number of aryl methyl sites for hydroxylation is 1. The van der Waals surface area contributed by atoms with Gasteiger partial charge in [-0.05, 0) is 29.3 Å². The lowest BCUT2D eigenvalue weighted by molar-refractivity contribution is -0.129. The normalized spacial score (nSPS) is 17.1. The Morgan fingerprint density at radius 2 is 2.00 bits per heavy atom. The fraction of sp³-hybridized carbons (Fsp3) is 0.211. The van der Waals surface area contributed by atoms with Crippen molar-refractivity contribution in [3.63, 3.8) is 0 Å². The van der Waals surface area contributed by atoms with Gasteiger partial charge in [0.25, 0.3) is 5.91 Å². The summed E-state index contributed by atoms with van der Waals surface area (Å²) in [6.07, 6.45) is 5.99. The Morgan fingerprint density at radius 3 is 2.67 bits per heavy atom. The smallest absolute Gasteiger partial charge is 0.290 e. The third-order valence-electron chi connectivity index (χ3n) is 4.48. The van der Waals surface area contributed by atoms with Crippen molar-refractivity contribution in [1.82, 2.24) is 14.5 Å². The van der Waals surface area contributed by atoms with Crippen LogP contribution in [0.2, 0.25) is 0 Å². The second-order valence-corrected chi connectivity index (χ2v) is 8.07. The molecule has 6 nitrogen and oxygen atoms in total. The summed E-state index contributed by atoms with van der Waals surface area (Å²) in [6, 6.07) is 6.73. The van der Waals surface area contributed by atoms with Gasteiger partial charge >= 0.3 is 0 Å². The van der Waals surface area contributed by atoms with Gasteiger partial charge < -0.3 is 14.6 Å². The van der Waals surface area contributed by atoms with Crippen LogP contribution in [0.15, 0.2) is 65.1 Å². The van der Waals surface area contributed by atoms with E-state index in [1.165, 1.54) is 22.7 Å². The Bertz CT molecular complexity index is 960. The molecular formula is C19H17N3O3S2. The van der Waals surface area contributed by atoms with Gasteiger partial charge in [0.1, 0.15) is 0 Å². The van der Waals surface area contributed by atoms with E-state index in [4.69, 9.17) is 0 Å². The molecule has 0 aromatic carbocycles. The Balaban J connectivity index is 1.62. The van der Waals surface area contributed by atoms with Crippen LogP contribution in [0.4, 0.5) is 0 Å². The summed E-state index contributed by atoms with van der Waals surface area (Å²) in [5, 5.41) is 14.2. The van der Waals surface area contributed by atoms with E-state index in [0.29, 0.717) is 24.4 Å². The molecule has 0 aliphatic carbocycles. The van der Waals surface area contributed by atoms with E-state index in [1.807, 2.05) is 33.7 Å². The minimum absolute atomic E-state index is 0.174. The summed E-state index contributed by atoms with van der Waals surface area (Å²) in [5.74, 6) is -1.21. The number of hydrogen-bond donors (Lipinski definition) is 1. The van der Waals surface area contributed by atoms with Crippen LogP contribution in [-0.4, -0.2) is 37.8 Å². The lowest BCUT2D eigenvalue weighted by Gasteiger charge is -2.25. The summed E-state index contributed by atoms with van der Waals surface area (Å²) in [4.78, 5) is 32.7. The first kappa shape index (κ1) is 17.7.